The van der Waals surface area contributed by atoms with Gasteiger partial charge in [-0.05, 0) is 44.4 Å². The van der Waals surface area contributed by atoms with Crippen LogP contribution >= 0.6 is 0 Å². The minimum Gasteiger partial charge on any atom is -0.390 e. The van der Waals surface area contributed by atoms with Crippen LogP contribution in [0.2, 0.25) is 0 Å². The molecule has 0 spiro atoms. The molecule has 2 rings (SSSR count). The highest BCUT2D eigenvalue weighted by atomic mass is 16.3. The molecule has 0 aromatic heterocycles. The van der Waals surface area contributed by atoms with E-state index in [4.69, 9.17) is 0 Å². The van der Waals surface area contributed by atoms with E-state index in [1.54, 1.807) is 0 Å². The summed E-state index contributed by atoms with van der Waals surface area (Å²) in [5, 5.41) is 10.4. The molecule has 1 N–H and O–H groups in total. The molecule has 0 aromatic rings. The fourth-order valence-corrected chi connectivity index (χ4v) is 3.27. The lowest BCUT2D eigenvalue weighted by atomic mass is 9.83. The summed E-state index contributed by atoms with van der Waals surface area (Å²) in [6.45, 7) is 10.7. The monoisotopic (exact) mass is 220 g/mol. The molecule has 0 aliphatic heterocycles. The maximum atomic E-state index is 10.4. The van der Waals surface area contributed by atoms with Gasteiger partial charge in [0.15, 0.2) is 0 Å². The zero-order valence-corrected chi connectivity index (χ0v) is 10.8. The molecule has 16 heavy (non-hydrogen) atoms. The molecule has 1 nitrogen and oxygen atoms in total. The maximum Gasteiger partial charge on any atom is 0.0688 e. The Hall–Kier alpha value is -0.560. The van der Waals surface area contributed by atoms with Crippen molar-refractivity contribution in [3.05, 3.63) is 23.8 Å². The molecule has 0 aromatic carbocycles. The number of hydrogen-bond acceptors (Lipinski definition) is 1. The lowest BCUT2D eigenvalue weighted by Gasteiger charge is -2.27. The number of hydrogen-bond donors (Lipinski definition) is 1. The lowest BCUT2D eigenvalue weighted by molar-refractivity contribution is 0.0330. The van der Waals surface area contributed by atoms with Gasteiger partial charge in [0, 0.05) is 5.92 Å². The normalized spacial score (nSPS) is 39.6. The predicted molar refractivity (Wildman–Crippen MR) is 68.1 cm³/mol. The Morgan fingerprint density at radius 3 is 2.75 bits per heavy atom. The minimum absolute atomic E-state index is 0.305. The van der Waals surface area contributed by atoms with Gasteiger partial charge >= 0.3 is 0 Å². The highest BCUT2D eigenvalue weighted by Gasteiger charge is 2.44. The van der Waals surface area contributed by atoms with Gasteiger partial charge in [-0.2, -0.15) is 0 Å². The Balaban J connectivity index is 2.33. The molecule has 2 aliphatic carbocycles. The molecule has 0 amide bonds. The van der Waals surface area contributed by atoms with Gasteiger partial charge < -0.3 is 5.11 Å². The molecule has 2 aliphatic rings. The number of aliphatic hydroxyl groups is 1. The topological polar surface area (TPSA) is 20.2 Å². The summed E-state index contributed by atoms with van der Waals surface area (Å²) in [4.78, 5) is 0. The smallest absolute Gasteiger partial charge is 0.0688 e. The highest BCUT2D eigenvalue weighted by molar-refractivity contribution is 5.24. The Morgan fingerprint density at radius 1 is 1.44 bits per heavy atom. The molecule has 1 unspecified atom stereocenters. The van der Waals surface area contributed by atoms with Gasteiger partial charge in [0.2, 0.25) is 0 Å². The van der Waals surface area contributed by atoms with E-state index in [1.807, 2.05) is 6.92 Å². The van der Waals surface area contributed by atoms with Crippen LogP contribution < -0.4 is 0 Å². The summed E-state index contributed by atoms with van der Waals surface area (Å²) in [6.07, 6.45) is 6.64. The predicted octanol–water partition coefficient (Wildman–Crippen LogP) is 3.70. The van der Waals surface area contributed by atoms with Crippen LogP contribution in [0.4, 0.5) is 0 Å². The zero-order valence-electron chi connectivity index (χ0n) is 10.8. The van der Waals surface area contributed by atoms with Crippen LogP contribution in [0.3, 0.4) is 0 Å². The average Bonchev–Trinajstić information content (AvgIpc) is 2.38. The first kappa shape index (κ1) is 11.9. The number of allylic oxidation sites excluding steroid dienone is 2. The van der Waals surface area contributed by atoms with Gasteiger partial charge in [-0.15, -0.1) is 0 Å². The molecule has 0 saturated heterocycles. The quantitative estimate of drug-likeness (QED) is 0.668. The molecular formula is C15H24O. The first-order chi connectivity index (χ1) is 7.42. The molecule has 1 fully saturated rings. The molecule has 0 radical (unpaired) electrons. The van der Waals surface area contributed by atoms with Crippen LogP contribution in [0.5, 0.6) is 0 Å². The zero-order chi connectivity index (χ0) is 11.9. The second kappa shape index (κ2) is 4.03. The summed E-state index contributed by atoms with van der Waals surface area (Å²) >= 11 is 0. The SMILES string of the molecule is C=C1CCC(C(C)C)=CC2[C@@H]1CC[C@]2(C)O. The Morgan fingerprint density at radius 2 is 2.12 bits per heavy atom. The van der Waals surface area contributed by atoms with E-state index in [1.165, 1.54) is 11.1 Å². The van der Waals surface area contributed by atoms with Gasteiger partial charge in [0.1, 0.15) is 0 Å². The van der Waals surface area contributed by atoms with Crippen molar-refractivity contribution >= 4 is 0 Å². The maximum absolute atomic E-state index is 10.4. The third-order valence-electron chi connectivity index (χ3n) is 4.51. The van der Waals surface area contributed by atoms with Crippen LogP contribution in [0.1, 0.15) is 46.5 Å². The lowest BCUT2D eigenvalue weighted by Crippen LogP contribution is -2.30. The van der Waals surface area contributed by atoms with Crippen LogP contribution in [-0.2, 0) is 0 Å². The fourth-order valence-electron chi connectivity index (χ4n) is 3.27. The Labute approximate surface area is 99.3 Å². The number of fused-ring (bicyclic) bond motifs is 1. The summed E-state index contributed by atoms with van der Waals surface area (Å²) in [5.41, 5.74) is 2.35. The Kier molecular flexibility index (Phi) is 3.00. The summed E-state index contributed by atoms with van der Waals surface area (Å²) < 4.78 is 0. The summed E-state index contributed by atoms with van der Waals surface area (Å²) in [6, 6.07) is 0. The molecule has 3 atom stereocenters. The second-order valence-electron chi connectivity index (χ2n) is 6.08. The van der Waals surface area contributed by atoms with Gasteiger partial charge in [-0.25, -0.2) is 0 Å². The van der Waals surface area contributed by atoms with E-state index >= 15 is 0 Å². The van der Waals surface area contributed by atoms with E-state index in [0.29, 0.717) is 17.8 Å². The Bertz CT molecular complexity index is 322. The van der Waals surface area contributed by atoms with Crippen LogP contribution in [0.25, 0.3) is 0 Å². The molecule has 0 heterocycles. The summed E-state index contributed by atoms with van der Waals surface area (Å²) in [7, 11) is 0. The van der Waals surface area contributed by atoms with E-state index in [0.717, 1.165) is 25.7 Å². The second-order valence-corrected chi connectivity index (χ2v) is 6.08. The first-order valence-electron chi connectivity index (χ1n) is 6.52. The van der Waals surface area contributed by atoms with Crippen molar-refractivity contribution in [2.75, 3.05) is 0 Å². The standard InChI is InChI=1S/C15H24O/c1-10(2)12-6-5-11(3)13-7-8-15(4,16)14(13)9-12/h9-10,13-14,16H,3,5-8H2,1-2,4H3/t13-,14?,15+/m1/s1. The van der Waals surface area contributed by atoms with Gasteiger partial charge in [-0.1, -0.05) is 37.6 Å². The van der Waals surface area contributed by atoms with Crippen molar-refractivity contribution in [2.24, 2.45) is 17.8 Å². The molecule has 1 saturated carbocycles. The van der Waals surface area contributed by atoms with Gasteiger partial charge in [0.05, 0.1) is 5.60 Å². The van der Waals surface area contributed by atoms with Gasteiger partial charge in [-0.3, -0.25) is 0 Å². The molecule has 1 heteroatoms. The third kappa shape index (κ3) is 1.98. The molecular weight excluding hydrogens is 196 g/mol. The third-order valence-corrected chi connectivity index (χ3v) is 4.51. The average molecular weight is 220 g/mol. The van der Waals surface area contributed by atoms with Crippen LogP contribution in [0, 0.1) is 17.8 Å². The van der Waals surface area contributed by atoms with E-state index in [2.05, 4.69) is 26.5 Å². The largest absolute Gasteiger partial charge is 0.390 e. The highest BCUT2D eigenvalue weighted by Crippen LogP contribution is 2.48. The van der Waals surface area contributed by atoms with Crippen molar-refractivity contribution in [3.63, 3.8) is 0 Å². The summed E-state index contributed by atoms with van der Waals surface area (Å²) in [5.74, 6) is 1.43. The van der Waals surface area contributed by atoms with Crippen LogP contribution in [-0.4, -0.2) is 10.7 Å². The minimum atomic E-state index is -0.516. The van der Waals surface area contributed by atoms with Crippen molar-refractivity contribution < 1.29 is 5.11 Å². The van der Waals surface area contributed by atoms with Crippen LogP contribution in [0.15, 0.2) is 23.8 Å². The first-order valence-corrected chi connectivity index (χ1v) is 6.52. The fraction of sp³-hybridized carbons (Fsp3) is 0.733. The van der Waals surface area contributed by atoms with Crippen molar-refractivity contribution in [3.8, 4) is 0 Å². The van der Waals surface area contributed by atoms with E-state index in [9.17, 15) is 5.11 Å². The molecule has 0 bridgehead atoms. The van der Waals surface area contributed by atoms with E-state index in [-0.39, 0.29) is 0 Å². The number of rotatable bonds is 1. The van der Waals surface area contributed by atoms with Gasteiger partial charge in [0.25, 0.3) is 0 Å². The van der Waals surface area contributed by atoms with Crippen molar-refractivity contribution in [1.82, 2.24) is 0 Å². The van der Waals surface area contributed by atoms with Crippen molar-refractivity contribution in [2.45, 2.75) is 52.1 Å². The van der Waals surface area contributed by atoms with E-state index < -0.39 is 5.60 Å². The molecule has 90 valence electrons. The van der Waals surface area contributed by atoms with Crippen molar-refractivity contribution in [1.29, 1.82) is 0 Å².